The molecule has 0 aliphatic rings. The molecule has 3 aromatic rings. The normalized spacial score (nSPS) is 12.9. The fourth-order valence-electron chi connectivity index (χ4n) is 3.75. The molecule has 7 heteroatoms. The average Bonchev–Trinajstić information content (AvgIpc) is 2.72. The molecule has 3 rings (SSSR count). The molecule has 0 saturated heterocycles. The van der Waals surface area contributed by atoms with E-state index in [1.54, 1.807) is 36.0 Å². The average molecular weight is 440 g/mol. The van der Waals surface area contributed by atoms with Crippen LogP contribution >= 0.6 is 0 Å². The maximum absolute atomic E-state index is 12.7. The summed E-state index contributed by atoms with van der Waals surface area (Å²) in [7, 11) is 3.49. The van der Waals surface area contributed by atoms with Gasteiger partial charge in [0.1, 0.15) is 18.0 Å². The van der Waals surface area contributed by atoms with E-state index in [2.05, 4.69) is 18.8 Å². The first-order chi connectivity index (χ1) is 15.0. The Morgan fingerprint density at radius 2 is 1.88 bits per heavy atom. The number of rotatable bonds is 6. The van der Waals surface area contributed by atoms with Crippen LogP contribution in [0.4, 0.5) is 4.79 Å². The number of pyridine rings is 2. The molecule has 0 bridgehead atoms. The summed E-state index contributed by atoms with van der Waals surface area (Å²) in [6.07, 6.45) is 3.70. The van der Waals surface area contributed by atoms with Crippen LogP contribution in [0.5, 0.6) is 5.75 Å². The Morgan fingerprint density at radius 3 is 2.53 bits per heavy atom. The fraction of sp³-hybridized carbons (Fsp3) is 0.480. The molecule has 2 heterocycles. The summed E-state index contributed by atoms with van der Waals surface area (Å²) < 4.78 is 13.3. The topological polar surface area (TPSA) is 73.7 Å². The van der Waals surface area contributed by atoms with Crippen molar-refractivity contribution in [3.8, 4) is 5.75 Å². The Balaban J connectivity index is 1.86. The maximum Gasteiger partial charge on any atom is 0.410 e. The molecule has 1 atom stereocenters. The maximum atomic E-state index is 12.7. The number of amides is 1. The number of likely N-dealkylation sites (N-methyl/N-ethyl adjacent to an activating group) is 1. The van der Waals surface area contributed by atoms with Crippen LogP contribution in [0.3, 0.4) is 0 Å². The molecule has 7 nitrogen and oxygen atoms in total. The SMILES string of the molecule is CC(C)CC(COc1ccc2c3ccncc3c(=O)n(C)c2c1)N(C)C(=O)OC(C)(C)C. The molecule has 0 saturated carbocycles. The van der Waals surface area contributed by atoms with Crippen LogP contribution in [0.1, 0.15) is 41.0 Å². The molecule has 0 aliphatic carbocycles. The van der Waals surface area contributed by atoms with Gasteiger partial charge in [-0.25, -0.2) is 4.79 Å². The molecular formula is C25H33N3O4. The van der Waals surface area contributed by atoms with E-state index in [0.29, 0.717) is 23.7 Å². The van der Waals surface area contributed by atoms with Gasteiger partial charge in [-0.3, -0.25) is 9.78 Å². The van der Waals surface area contributed by atoms with Crippen molar-refractivity contribution in [2.45, 2.75) is 52.7 Å². The van der Waals surface area contributed by atoms with Crippen LogP contribution in [0, 0.1) is 5.92 Å². The van der Waals surface area contributed by atoms with E-state index in [9.17, 15) is 9.59 Å². The number of aromatic nitrogens is 2. The third-order valence-electron chi connectivity index (χ3n) is 5.39. The minimum absolute atomic E-state index is 0.0971. The van der Waals surface area contributed by atoms with Crippen LogP contribution in [0.25, 0.3) is 21.7 Å². The van der Waals surface area contributed by atoms with Crippen molar-refractivity contribution in [2.24, 2.45) is 13.0 Å². The van der Waals surface area contributed by atoms with Crippen molar-refractivity contribution in [1.29, 1.82) is 0 Å². The van der Waals surface area contributed by atoms with E-state index >= 15 is 0 Å². The highest BCUT2D eigenvalue weighted by Crippen LogP contribution is 2.26. The Bertz CT molecular complexity index is 1180. The number of carbonyl (C=O) groups is 1. The number of aryl methyl sites for hydroxylation is 1. The number of nitrogens with zero attached hydrogens (tertiary/aromatic N) is 3. The predicted octanol–water partition coefficient (Wildman–Crippen LogP) is 4.75. The Hall–Kier alpha value is -3.09. The summed E-state index contributed by atoms with van der Waals surface area (Å²) in [5.74, 6) is 1.03. The van der Waals surface area contributed by atoms with Gasteiger partial charge in [-0.15, -0.1) is 0 Å². The zero-order chi connectivity index (χ0) is 23.6. The molecule has 1 amide bonds. The highest BCUT2D eigenvalue weighted by atomic mass is 16.6. The first-order valence-corrected chi connectivity index (χ1v) is 10.9. The van der Waals surface area contributed by atoms with E-state index < -0.39 is 5.60 Å². The largest absolute Gasteiger partial charge is 0.491 e. The van der Waals surface area contributed by atoms with Crippen LogP contribution < -0.4 is 10.3 Å². The summed E-state index contributed by atoms with van der Waals surface area (Å²) in [6.45, 7) is 10.1. The van der Waals surface area contributed by atoms with Crippen LogP contribution in [0.15, 0.2) is 41.5 Å². The fourth-order valence-corrected chi connectivity index (χ4v) is 3.75. The lowest BCUT2D eigenvalue weighted by molar-refractivity contribution is 0.0153. The van der Waals surface area contributed by atoms with Crippen molar-refractivity contribution in [2.75, 3.05) is 13.7 Å². The second-order valence-corrected chi connectivity index (χ2v) is 9.65. The third kappa shape index (κ3) is 5.21. The van der Waals surface area contributed by atoms with Crippen LogP contribution in [-0.4, -0.2) is 45.8 Å². The molecule has 0 fully saturated rings. The van der Waals surface area contributed by atoms with Gasteiger partial charge in [0.15, 0.2) is 0 Å². The number of ether oxygens (including phenoxy) is 2. The highest BCUT2D eigenvalue weighted by molar-refractivity contribution is 6.05. The molecule has 2 aromatic heterocycles. The lowest BCUT2D eigenvalue weighted by Gasteiger charge is -2.31. The van der Waals surface area contributed by atoms with Gasteiger partial charge in [-0.1, -0.05) is 13.8 Å². The first kappa shape index (κ1) is 23.6. The van der Waals surface area contributed by atoms with E-state index in [1.165, 1.54) is 0 Å². The summed E-state index contributed by atoms with van der Waals surface area (Å²) >= 11 is 0. The number of hydrogen-bond donors (Lipinski definition) is 0. The lowest BCUT2D eigenvalue weighted by atomic mass is 10.0. The van der Waals surface area contributed by atoms with Gasteiger partial charge in [0.2, 0.25) is 0 Å². The second-order valence-electron chi connectivity index (χ2n) is 9.65. The van der Waals surface area contributed by atoms with Gasteiger partial charge in [0, 0.05) is 37.9 Å². The molecular weight excluding hydrogens is 406 g/mol. The number of benzene rings is 1. The minimum atomic E-state index is -0.560. The molecule has 0 radical (unpaired) electrons. The quantitative estimate of drug-likeness (QED) is 0.518. The molecule has 32 heavy (non-hydrogen) atoms. The van der Waals surface area contributed by atoms with Crippen molar-refractivity contribution in [3.63, 3.8) is 0 Å². The summed E-state index contributed by atoms with van der Waals surface area (Å²) in [4.78, 5) is 31.0. The zero-order valence-corrected chi connectivity index (χ0v) is 20.0. The van der Waals surface area contributed by atoms with Gasteiger partial charge in [-0.2, -0.15) is 0 Å². The van der Waals surface area contributed by atoms with Gasteiger partial charge in [0.25, 0.3) is 5.56 Å². The Morgan fingerprint density at radius 1 is 1.16 bits per heavy atom. The highest BCUT2D eigenvalue weighted by Gasteiger charge is 2.26. The van der Waals surface area contributed by atoms with E-state index in [0.717, 1.165) is 22.7 Å². The van der Waals surface area contributed by atoms with E-state index in [-0.39, 0.29) is 17.7 Å². The van der Waals surface area contributed by atoms with Gasteiger partial charge in [-0.05, 0) is 56.7 Å². The number of fused-ring (bicyclic) bond motifs is 3. The van der Waals surface area contributed by atoms with Crippen molar-refractivity contribution >= 4 is 27.8 Å². The Labute approximate surface area is 188 Å². The van der Waals surface area contributed by atoms with Crippen molar-refractivity contribution in [3.05, 3.63) is 47.0 Å². The molecule has 172 valence electrons. The number of carbonyl (C=O) groups excluding carboxylic acids is 1. The zero-order valence-electron chi connectivity index (χ0n) is 20.0. The molecule has 0 aliphatic heterocycles. The summed E-state index contributed by atoms with van der Waals surface area (Å²) in [5.41, 5.74) is 0.128. The number of hydrogen-bond acceptors (Lipinski definition) is 5. The summed E-state index contributed by atoms with van der Waals surface area (Å²) in [6, 6.07) is 7.44. The van der Waals surface area contributed by atoms with Crippen LogP contribution in [0.2, 0.25) is 0 Å². The monoisotopic (exact) mass is 439 g/mol. The Kier molecular flexibility index (Phi) is 6.77. The smallest absolute Gasteiger partial charge is 0.410 e. The van der Waals surface area contributed by atoms with Gasteiger partial charge >= 0.3 is 6.09 Å². The molecule has 1 unspecified atom stereocenters. The lowest BCUT2D eigenvalue weighted by Crippen LogP contribution is -2.44. The van der Waals surface area contributed by atoms with Gasteiger partial charge < -0.3 is 18.9 Å². The van der Waals surface area contributed by atoms with Gasteiger partial charge in [0.05, 0.1) is 16.9 Å². The predicted molar refractivity (Wildman–Crippen MR) is 127 cm³/mol. The standard InChI is InChI=1S/C25H33N3O4/c1-16(2)12-17(27(6)24(30)32-25(3,4)5)15-31-18-8-9-20-19-10-11-26-14-21(19)23(29)28(7)22(20)13-18/h8-11,13-14,16-17H,12,15H2,1-7H3. The van der Waals surface area contributed by atoms with E-state index in [1.807, 2.05) is 45.0 Å². The molecule has 1 aromatic carbocycles. The summed E-state index contributed by atoms with van der Waals surface area (Å²) in [5, 5.41) is 2.42. The third-order valence-corrected chi connectivity index (χ3v) is 5.39. The van der Waals surface area contributed by atoms with E-state index in [4.69, 9.17) is 9.47 Å². The first-order valence-electron chi connectivity index (χ1n) is 10.9. The molecule has 0 spiro atoms. The van der Waals surface area contributed by atoms with Crippen LogP contribution in [-0.2, 0) is 11.8 Å². The van der Waals surface area contributed by atoms with Crippen molar-refractivity contribution < 1.29 is 14.3 Å². The minimum Gasteiger partial charge on any atom is -0.491 e. The molecule has 0 N–H and O–H groups in total. The van der Waals surface area contributed by atoms with Crippen molar-refractivity contribution in [1.82, 2.24) is 14.5 Å². The second kappa shape index (κ2) is 9.18.